The first-order valence-corrected chi connectivity index (χ1v) is 6.52. The highest BCUT2D eigenvalue weighted by Gasteiger charge is 2.50. The summed E-state index contributed by atoms with van der Waals surface area (Å²) in [5.41, 5.74) is 0.968. The Balaban J connectivity index is 2.09. The third kappa shape index (κ3) is 1.70. The van der Waals surface area contributed by atoms with E-state index in [9.17, 15) is 4.79 Å². The molecule has 6 heteroatoms. The first-order valence-electron chi connectivity index (χ1n) is 6.52. The van der Waals surface area contributed by atoms with Crippen molar-refractivity contribution in [2.24, 2.45) is 0 Å². The van der Waals surface area contributed by atoms with Crippen molar-refractivity contribution in [2.45, 2.75) is 38.5 Å². The van der Waals surface area contributed by atoms with E-state index in [0.29, 0.717) is 12.4 Å². The van der Waals surface area contributed by atoms with Crippen molar-refractivity contribution in [2.75, 3.05) is 6.61 Å². The average molecular weight is 260 g/mol. The Bertz CT molecular complexity index is 631. The smallest absolute Gasteiger partial charge is 0.319 e. The maximum atomic E-state index is 12.2. The standard InChI is InChI=1S/C13H16N4O2/c1-3-19-12(18)13(5-4-6-13)11-16-15-10-7-9(2)14-8-17(10)11/h7-8H,3-6H2,1-2H3. The lowest BCUT2D eigenvalue weighted by atomic mass is 9.68. The van der Waals surface area contributed by atoms with E-state index in [-0.39, 0.29) is 5.97 Å². The summed E-state index contributed by atoms with van der Waals surface area (Å²) in [6.45, 7) is 4.10. The molecule has 0 aromatic carbocycles. The van der Waals surface area contributed by atoms with E-state index in [2.05, 4.69) is 15.2 Å². The molecule has 0 N–H and O–H groups in total. The molecule has 1 saturated carbocycles. The summed E-state index contributed by atoms with van der Waals surface area (Å²) in [5, 5.41) is 8.34. The fraction of sp³-hybridized carbons (Fsp3) is 0.538. The zero-order valence-electron chi connectivity index (χ0n) is 11.1. The second-order valence-electron chi connectivity index (χ2n) is 4.94. The second kappa shape index (κ2) is 4.29. The minimum atomic E-state index is -0.633. The number of rotatable bonds is 3. The van der Waals surface area contributed by atoms with Gasteiger partial charge in [0.15, 0.2) is 11.5 Å². The lowest BCUT2D eigenvalue weighted by Crippen LogP contribution is -2.45. The molecule has 0 amide bonds. The molecular weight excluding hydrogens is 244 g/mol. The number of carbonyl (C=O) groups is 1. The summed E-state index contributed by atoms with van der Waals surface area (Å²) in [6.07, 6.45) is 4.22. The predicted molar refractivity (Wildman–Crippen MR) is 67.7 cm³/mol. The van der Waals surface area contributed by atoms with Gasteiger partial charge >= 0.3 is 5.97 Å². The van der Waals surface area contributed by atoms with Crippen molar-refractivity contribution in [1.82, 2.24) is 19.6 Å². The highest BCUT2D eigenvalue weighted by Crippen LogP contribution is 2.43. The Morgan fingerprint density at radius 1 is 1.47 bits per heavy atom. The van der Waals surface area contributed by atoms with Crippen molar-refractivity contribution >= 4 is 11.6 Å². The highest BCUT2D eigenvalue weighted by atomic mass is 16.5. The molecule has 1 aliphatic carbocycles. The Kier molecular flexibility index (Phi) is 2.73. The van der Waals surface area contributed by atoms with Crippen LogP contribution in [0.3, 0.4) is 0 Å². The Morgan fingerprint density at radius 2 is 2.26 bits per heavy atom. The first-order chi connectivity index (χ1) is 9.17. The van der Waals surface area contributed by atoms with E-state index >= 15 is 0 Å². The number of nitrogens with zero attached hydrogens (tertiary/aromatic N) is 4. The largest absolute Gasteiger partial charge is 0.465 e. The molecule has 2 aromatic rings. The summed E-state index contributed by atoms with van der Waals surface area (Å²) >= 11 is 0. The van der Waals surface area contributed by atoms with Crippen LogP contribution in [0.1, 0.15) is 37.7 Å². The Morgan fingerprint density at radius 3 is 2.89 bits per heavy atom. The summed E-state index contributed by atoms with van der Waals surface area (Å²) in [4.78, 5) is 16.5. The SMILES string of the molecule is CCOC(=O)C1(c2nnc3cc(C)ncn23)CCC1. The number of esters is 1. The third-order valence-electron chi connectivity index (χ3n) is 3.74. The number of hydrogen-bond donors (Lipinski definition) is 0. The third-order valence-corrected chi connectivity index (χ3v) is 3.74. The quantitative estimate of drug-likeness (QED) is 0.780. The highest BCUT2D eigenvalue weighted by molar-refractivity contribution is 5.83. The fourth-order valence-electron chi connectivity index (χ4n) is 2.53. The minimum Gasteiger partial charge on any atom is -0.465 e. The van der Waals surface area contributed by atoms with Gasteiger partial charge in [-0.15, -0.1) is 10.2 Å². The summed E-state index contributed by atoms with van der Waals surface area (Å²) in [7, 11) is 0. The number of fused-ring (bicyclic) bond motifs is 1. The van der Waals surface area contributed by atoms with Crippen LogP contribution in [-0.4, -0.2) is 32.2 Å². The maximum Gasteiger partial charge on any atom is 0.319 e. The molecule has 0 unspecified atom stereocenters. The molecule has 19 heavy (non-hydrogen) atoms. The molecule has 100 valence electrons. The van der Waals surface area contributed by atoms with Crippen LogP contribution in [0.5, 0.6) is 0 Å². The van der Waals surface area contributed by atoms with E-state index < -0.39 is 5.41 Å². The van der Waals surface area contributed by atoms with Crippen molar-refractivity contribution in [3.05, 3.63) is 23.9 Å². The molecule has 2 heterocycles. The van der Waals surface area contributed by atoms with Crippen LogP contribution in [0.15, 0.2) is 12.4 Å². The summed E-state index contributed by atoms with van der Waals surface area (Å²) in [5.74, 6) is 0.454. The van der Waals surface area contributed by atoms with Crippen LogP contribution in [0, 0.1) is 6.92 Å². The van der Waals surface area contributed by atoms with Gasteiger partial charge in [-0.25, -0.2) is 4.98 Å². The zero-order valence-corrected chi connectivity index (χ0v) is 11.1. The molecule has 0 spiro atoms. The van der Waals surface area contributed by atoms with Crippen LogP contribution >= 0.6 is 0 Å². The van der Waals surface area contributed by atoms with Gasteiger partial charge in [-0.3, -0.25) is 9.20 Å². The average Bonchev–Trinajstić information content (AvgIpc) is 2.71. The van der Waals surface area contributed by atoms with Crippen LogP contribution in [-0.2, 0) is 14.9 Å². The number of hydrogen-bond acceptors (Lipinski definition) is 5. The molecule has 3 rings (SSSR count). The Labute approximate surface area is 110 Å². The van der Waals surface area contributed by atoms with Crippen molar-refractivity contribution < 1.29 is 9.53 Å². The zero-order chi connectivity index (χ0) is 13.5. The molecule has 2 aromatic heterocycles. The lowest BCUT2D eigenvalue weighted by molar-refractivity contribution is -0.154. The number of aromatic nitrogens is 4. The molecular formula is C13H16N4O2. The number of aryl methyl sites for hydroxylation is 1. The normalized spacial score (nSPS) is 17.2. The molecule has 1 aliphatic rings. The van der Waals surface area contributed by atoms with Crippen LogP contribution in [0.2, 0.25) is 0 Å². The topological polar surface area (TPSA) is 69.4 Å². The van der Waals surface area contributed by atoms with Crippen molar-refractivity contribution in [1.29, 1.82) is 0 Å². The molecule has 0 bridgehead atoms. The molecule has 0 atom stereocenters. The van der Waals surface area contributed by atoms with Gasteiger partial charge in [0.05, 0.1) is 6.61 Å². The molecule has 6 nitrogen and oxygen atoms in total. The van der Waals surface area contributed by atoms with E-state index in [0.717, 1.165) is 30.6 Å². The van der Waals surface area contributed by atoms with Gasteiger partial charge in [0.2, 0.25) is 0 Å². The van der Waals surface area contributed by atoms with Crippen LogP contribution in [0.25, 0.3) is 5.65 Å². The van der Waals surface area contributed by atoms with Gasteiger partial charge in [0, 0.05) is 11.8 Å². The van der Waals surface area contributed by atoms with E-state index in [1.807, 2.05) is 19.9 Å². The number of ether oxygens (including phenoxy) is 1. The maximum absolute atomic E-state index is 12.2. The fourth-order valence-corrected chi connectivity index (χ4v) is 2.53. The summed E-state index contributed by atoms with van der Waals surface area (Å²) in [6, 6.07) is 1.86. The number of carbonyl (C=O) groups excluding carboxylic acids is 1. The van der Waals surface area contributed by atoms with E-state index in [4.69, 9.17) is 4.74 Å². The molecule has 0 radical (unpaired) electrons. The van der Waals surface area contributed by atoms with Gasteiger partial charge in [0.25, 0.3) is 0 Å². The predicted octanol–water partition coefficient (Wildman–Crippen LogP) is 1.42. The van der Waals surface area contributed by atoms with Gasteiger partial charge in [-0.1, -0.05) is 6.42 Å². The van der Waals surface area contributed by atoms with Gasteiger partial charge < -0.3 is 4.74 Å². The van der Waals surface area contributed by atoms with E-state index in [1.165, 1.54) is 0 Å². The monoisotopic (exact) mass is 260 g/mol. The first kappa shape index (κ1) is 12.1. The van der Waals surface area contributed by atoms with E-state index in [1.54, 1.807) is 10.7 Å². The van der Waals surface area contributed by atoms with Gasteiger partial charge in [0.1, 0.15) is 11.7 Å². The summed E-state index contributed by atoms with van der Waals surface area (Å²) < 4.78 is 7.00. The molecule has 0 saturated heterocycles. The van der Waals surface area contributed by atoms with Crippen LogP contribution in [0.4, 0.5) is 0 Å². The Hall–Kier alpha value is -1.98. The van der Waals surface area contributed by atoms with Gasteiger partial charge in [-0.2, -0.15) is 0 Å². The van der Waals surface area contributed by atoms with Crippen LogP contribution < -0.4 is 0 Å². The lowest BCUT2D eigenvalue weighted by Gasteiger charge is -2.37. The van der Waals surface area contributed by atoms with Crippen molar-refractivity contribution in [3.63, 3.8) is 0 Å². The molecule has 0 aliphatic heterocycles. The second-order valence-corrected chi connectivity index (χ2v) is 4.94. The van der Waals surface area contributed by atoms with Crippen molar-refractivity contribution in [3.8, 4) is 0 Å². The van der Waals surface area contributed by atoms with Gasteiger partial charge in [-0.05, 0) is 26.7 Å². The minimum absolute atomic E-state index is 0.198. The molecule has 1 fully saturated rings.